The standard InChI is InChI=1S/C16H25N3O3S/c1-3-23(21,22)18(2)14-9-11-19(12-10-14)16(20)15(17)13-7-5-4-6-8-13/h4-8,14-15H,3,9-12,17H2,1-2H3. The van der Waals surface area contributed by atoms with Crippen molar-refractivity contribution in [1.29, 1.82) is 0 Å². The van der Waals surface area contributed by atoms with Crippen molar-refractivity contribution in [2.45, 2.75) is 31.8 Å². The highest BCUT2D eigenvalue weighted by Crippen LogP contribution is 2.21. The van der Waals surface area contributed by atoms with Crippen LogP contribution in [0.15, 0.2) is 30.3 Å². The number of sulfonamides is 1. The van der Waals surface area contributed by atoms with Gasteiger partial charge >= 0.3 is 0 Å². The Morgan fingerprint density at radius 3 is 2.39 bits per heavy atom. The maximum Gasteiger partial charge on any atom is 0.244 e. The van der Waals surface area contributed by atoms with Gasteiger partial charge in [0.1, 0.15) is 6.04 Å². The molecule has 1 atom stereocenters. The van der Waals surface area contributed by atoms with Gasteiger partial charge in [-0.3, -0.25) is 4.79 Å². The van der Waals surface area contributed by atoms with Crippen LogP contribution >= 0.6 is 0 Å². The van der Waals surface area contributed by atoms with E-state index in [-0.39, 0.29) is 17.7 Å². The van der Waals surface area contributed by atoms with E-state index in [0.29, 0.717) is 25.9 Å². The number of likely N-dealkylation sites (tertiary alicyclic amines) is 1. The van der Waals surface area contributed by atoms with Crippen LogP contribution in [-0.4, -0.2) is 55.5 Å². The fourth-order valence-electron chi connectivity index (χ4n) is 2.88. The lowest BCUT2D eigenvalue weighted by molar-refractivity contribution is -0.134. The van der Waals surface area contributed by atoms with E-state index in [4.69, 9.17) is 5.73 Å². The summed E-state index contributed by atoms with van der Waals surface area (Å²) in [6.07, 6.45) is 1.28. The lowest BCUT2D eigenvalue weighted by atomic mass is 10.0. The van der Waals surface area contributed by atoms with Crippen molar-refractivity contribution in [3.8, 4) is 0 Å². The summed E-state index contributed by atoms with van der Waals surface area (Å²) in [5.41, 5.74) is 6.85. The zero-order chi connectivity index (χ0) is 17.0. The van der Waals surface area contributed by atoms with Gasteiger partial charge in [0.25, 0.3) is 0 Å². The number of piperidine rings is 1. The molecule has 1 aromatic carbocycles. The summed E-state index contributed by atoms with van der Waals surface area (Å²) in [5.74, 6) is -0.00251. The average Bonchev–Trinajstić information content (AvgIpc) is 2.60. The van der Waals surface area contributed by atoms with E-state index in [1.807, 2.05) is 30.3 Å². The predicted molar refractivity (Wildman–Crippen MR) is 90.2 cm³/mol. The van der Waals surface area contributed by atoms with Crippen LogP contribution in [0.3, 0.4) is 0 Å². The van der Waals surface area contributed by atoms with E-state index in [0.717, 1.165) is 5.56 Å². The molecule has 7 heteroatoms. The Labute approximate surface area is 138 Å². The van der Waals surface area contributed by atoms with E-state index >= 15 is 0 Å². The van der Waals surface area contributed by atoms with E-state index in [2.05, 4.69) is 0 Å². The molecule has 2 rings (SSSR count). The van der Waals surface area contributed by atoms with Crippen LogP contribution in [0, 0.1) is 0 Å². The zero-order valence-electron chi connectivity index (χ0n) is 13.7. The van der Waals surface area contributed by atoms with Gasteiger partial charge in [-0.15, -0.1) is 0 Å². The maximum atomic E-state index is 12.5. The highest BCUT2D eigenvalue weighted by Gasteiger charge is 2.31. The van der Waals surface area contributed by atoms with Gasteiger partial charge < -0.3 is 10.6 Å². The number of benzene rings is 1. The molecule has 1 amide bonds. The topological polar surface area (TPSA) is 83.7 Å². The van der Waals surface area contributed by atoms with Crippen LogP contribution < -0.4 is 5.73 Å². The third kappa shape index (κ3) is 4.10. The summed E-state index contributed by atoms with van der Waals surface area (Å²) < 4.78 is 25.3. The van der Waals surface area contributed by atoms with Crippen molar-refractivity contribution in [2.75, 3.05) is 25.9 Å². The average molecular weight is 339 g/mol. The highest BCUT2D eigenvalue weighted by molar-refractivity contribution is 7.89. The fourth-order valence-corrected chi connectivity index (χ4v) is 3.95. The molecule has 1 unspecified atom stereocenters. The van der Waals surface area contributed by atoms with E-state index < -0.39 is 16.1 Å². The molecule has 1 fully saturated rings. The number of hydrogen-bond donors (Lipinski definition) is 1. The van der Waals surface area contributed by atoms with E-state index in [1.54, 1.807) is 18.9 Å². The number of nitrogens with two attached hydrogens (primary N) is 1. The van der Waals surface area contributed by atoms with Crippen molar-refractivity contribution in [2.24, 2.45) is 5.73 Å². The molecule has 23 heavy (non-hydrogen) atoms. The van der Waals surface area contributed by atoms with Crippen LogP contribution in [-0.2, 0) is 14.8 Å². The molecule has 0 saturated carbocycles. The molecule has 1 aromatic rings. The molecule has 0 spiro atoms. The summed E-state index contributed by atoms with van der Waals surface area (Å²) in [4.78, 5) is 14.2. The molecular formula is C16H25N3O3S. The van der Waals surface area contributed by atoms with Crippen LogP contribution in [0.1, 0.15) is 31.4 Å². The van der Waals surface area contributed by atoms with E-state index in [9.17, 15) is 13.2 Å². The number of hydrogen-bond acceptors (Lipinski definition) is 4. The van der Waals surface area contributed by atoms with Crippen molar-refractivity contribution in [3.63, 3.8) is 0 Å². The Bertz CT molecular complexity index is 625. The summed E-state index contributed by atoms with van der Waals surface area (Å²) in [7, 11) is -1.57. The zero-order valence-corrected chi connectivity index (χ0v) is 14.5. The Morgan fingerprint density at radius 1 is 1.30 bits per heavy atom. The predicted octanol–water partition coefficient (Wildman–Crippen LogP) is 0.959. The summed E-state index contributed by atoms with van der Waals surface area (Å²) >= 11 is 0. The monoisotopic (exact) mass is 339 g/mol. The van der Waals surface area contributed by atoms with Crippen molar-refractivity contribution < 1.29 is 13.2 Å². The molecule has 0 aliphatic carbocycles. The van der Waals surface area contributed by atoms with Crippen molar-refractivity contribution in [3.05, 3.63) is 35.9 Å². The van der Waals surface area contributed by atoms with Crippen LogP contribution in [0.25, 0.3) is 0 Å². The summed E-state index contributed by atoms with van der Waals surface area (Å²) in [6.45, 7) is 2.71. The molecule has 1 saturated heterocycles. The number of rotatable bonds is 5. The van der Waals surface area contributed by atoms with Gasteiger partial charge in [-0.25, -0.2) is 12.7 Å². The Balaban J connectivity index is 1.95. The molecule has 0 radical (unpaired) electrons. The largest absolute Gasteiger partial charge is 0.341 e. The van der Waals surface area contributed by atoms with Gasteiger partial charge in [0.2, 0.25) is 15.9 Å². The van der Waals surface area contributed by atoms with Gasteiger partial charge in [0, 0.05) is 26.2 Å². The first kappa shape index (κ1) is 17.9. The second-order valence-corrected chi connectivity index (χ2v) is 8.18. The highest BCUT2D eigenvalue weighted by atomic mass is 32.2. The minimum atomic E-state index is -3.19. The fraction of sp³-hybridized carbons (Fsp3) is 0.562. The molecule has 128 valence electrons. The quantitative estimate of drug-likeness (QED) is 0.866. The first-order valence-corrected chi connectivity index (χ1v) is 9.52. The molecule has 6 nitrogen and oxygen atoms in total. The minimum absolute atomic E-state index is 0.0445. The van der Waals surface area contributed by atoms with Crippen LogP contribution in [0.2, 0.25) is 0 Å². The lowest BCUT2D eigenvalue weighted by Gasteiger charge is -2.37. The second kappa shape index (κ2) is 7.42. The van der Waals surface area contributed by atoms with Gasteiger partial charge in [-0.2, -0.15) is 0 Å². The molecule has 0 aromatic heterocycles. The van der Waals surface area contributed by atoms with Crippen molar-refractivity contribution in [1.82, 2.24) is 9.21 Å². The molecule has 1 aliphatic heterocycles. The minimum Gasteiger partial charge on any atom is -0.341 e. The summed E-state index contributed by atoms with van der Waals surface area (Å²) in [5, 5.41) is 0. The number of carbonyl (C=O) groups is 1. The molecule has 1 heterocycles. The first-order valence-electron chi connectivity index (χ1n) is 7.92. The van der Waals surface area contributed by atoms with Crippen LogP contribution in [0.5, 0.6) is 0 Å². The number of carbonyl (C=O) groups excluding carboxylic acids is 1. The third-order valence-corrected chi connectivity index (χ3v) is 6.42. The van der Waals surface area contributed by atoms with Crippen LogP contribution in [0.4, 0.5) is 0 Å². The van der Waals surface area contributed by atoms with Gasteiger partial charge in [0.15, 0.2) is 0 Å². The first-order chi connectivity index (χ1) is 10.9. The Morgan fingerprint density at radius 2 is 1.87 bits per heavy atom. The normalized spacial score (nSPS) is 18.2. The molecule has 1 aliphatic rings. The Kier molecular flexibility index (Phi) is 5.78. The summed E-state index contributed by atoms with van der Waals surface area (Å²) in [6, 6.07) is 8.59. The second-order valence-electron chi connectivity index (χ2n) is 5.86. The maximum absolute atomic E-state index is 12.5. The lowest BCUT2D eigenvalue weighted by Crippen LogP contribution is -2.49. The van der Waals surface area contributed by atoms with Gasteiger partial charge in [-0.05, 0) is 25.3 Å². The smallest absolute Gasteiger partial charge is 0.244 e. The van der Waals surface area contributed by atoms with Crippen molar-refractivity contribution >= 4 is 15.9 Å². The Hall–Kier alpha value is -1.44. The van der Waals surface area contributed by atoms with Gasteiger partial charge in [0.05, 0.1) is 5.75 Å². The number of nitrogens with zero attached hydrogens (tertiary/aromatic N) is 2. The third-order valence-electron chi connectivity index (χ3n) is 4.52. The molecule has 0 bridgehead atoms. The number of amides is 1. The molecular weight excluding hydrogens is 314 g/mol. The SMILES string of the molecule is CCS(=O)(=O)N(C)C1CCN(C(=O)C(N)c2ccccc2)CC1. The van der Waals surface area contributed by atoms with Gasteiger partial charge in [-0.1, -0.05) is 30.3 Å². The van der Waals surface area contributed by atoms with E-state index in [1.165, 1.54) is 4.31 Å². The molecule has 2 N–H and O–H groups in total.